The molecule has 3 heterocycles. The predicted octanol–water partition coefficient (Wildman–Crippen LogP) is 2.16. The molecule has 0 bridgehead atoms. The minimum atomic E-state index is -3.52. The molecule has 0 spiro atoms. The van der Waals surface area contributed by atoms with Crippen molar-refractivity contribution in [2.75, 3.05) is 13.1 Å². The molecule has 1 saturated heterocycles. The van der Waals surface area contributed by atoms with Gasteiger partial charge in [0, 0.05) is 19.0 Å². The van der Waals surface area contributed by atoms with Gasteiger partial charge in [0.2, 0.25) is 0 Å². The first kappa shape index (κ1) is 15.3. The molecule has 3 aromatic rings. The van der Waals surface area contributed by atoms with Gasteiger partial charge in [-0.1, -0.05) is 6.07 Å². The topological polar surface area (TPSA) is 94.7 Å². The van der Waals surface area contributed by atoms with E-state index in [1.807, 2.05) is 19.1 Å². The lowest BCUT2D eigenvalue weighted by atomic mass is 9.99. The molecule has 1 aliphatic heterocycles. The Morgan fingerprint density at radius 2 is 2.21 bits per heavy atom. The summed E-state index contributed by atoms with van der Waals surface area (Å²) in [4.78, 5) is 14.5. The first-order chi connectivity index (χ1) is 11.5. The van der Waals surface area contributed by atoms with Crippen LogP contribution >= 0.6 is 0 Å². The average molecular weight is 345 g/mol. The number of imidazole rings is 2. The number of hydrogen-bond acceptors (Lipinski definition) is 4. The van der Waals surface area contributed by atoms with Crippen molar-refractivity contribution in [2.45, 2.75) is 30.7 Å². The van der Waals surface area contributed by atoms with E-state index in [0.29, 0.717) is 13.1 Å². The van der Waals surface area contributed by atoms with Crippen LogP contribution < -0.4 is 0 Å². The van der Waals surface area contributed by atoms with E-state index >= 15 is 0 Å². The number of aromatic nitrogens is 4. The summed E-state index contributed by atoms with van der Waals surface area (Å²) >= 11 is 0. The molecule has 8 heteroatoms. The number of piperidine rings is 1. The molecule has 126 valence electrons. The fourth-order valence-electron chi connectivity index (χ4n) is 3.24. The molecule has 7 nitrogen and oxygen atoms in total. The molecule has 1 aliphatic rings. The van der Waals surface area contributed by atoms with E-state index in [1.54, 1.807) is 0 Å². The van der Waals surface area contributed by atoms with Gasteiger partial charge in [-0.25, -0.2) is 18.4 Å². The van der Waals surface area contributed by atoms with Gasteiger partial charge in [-0.15, -0.1) is 0 Å². The number of nitrogens with one attached hydrogen (secondary N) is 2. The summed E-state index contributed by atoms with van der Waals surface area (Å²) in [5.41, 5.74) is 3.09. The van der Waals surface area contributed by atoms with Gasteiger partial charge in [0.15, 0.2) is 5.03 Å². The summed E-state index contributed by atoms with van der Waals surface area (Å²) in [5, 5.41) is 0.142. The van der Waals surface area contributed by atoms with Gasteiger partial charge in [0.1, 0.15) is 5.82 Å². The standard InChI is InChI=1S/C16H19N5O2S/c1-11-4-5-13-14(7-11)20-16(19-13)12-3-2-6-21(9-12)24(22,23)15-8-17-10-18-15/h4-5,7-8,10,12H,2-3,6,9H2,1H3,(H,17,18)(H,19,20)/t12-/m1/s1. The highest BCUT2D eigenvalue weighted by atomic mass is 32.2. The third kappa shape index (κ3) is 2.61. The second-order valence-corrected chi connectivity index (χ2v) is 8.17. The van der Waals surface area contributed by atoms with Crippen LogP contribution in [0.1, 0.15) is 30.1 Å². The molecular formula is C16H19N5O2S. The molecule has 0 saturated carbocycles. The van der Waals surface area contributed by atoms with Gasteiger partial charge in [0.25, 0.3) is 10.0 Å². The first-order valence-corrected chi connectivity index (χ1v) is 9.43. The molecule has 24 heavy (non-hydrogen) atoms. The van der Waals surface area contributed by atoms with Crippen LogP contribution in [0.2, 0.25) is 0 Å². The highest BCUT2D eigenvalue weighted by Crippen LogP contribution is 2.29. The number of rotatable bonds is 3. The summed E-state index contributed by atoms with van der Waals surface area (Å²) in [6, 6.07) is 6.09. The molecule has 0 amide bonds. The maximum absolute atomic E-state index is 12.7. The maximum atomic E-state index is 12.7. The van der Waals surface area contributed by atoms with E-state index in [0.717, 1.165) is 29.7 Å². The zero-order chi connectivity index (χ0) is 16.7. The van der Waals surface area contributed by atoms with Gasteiger partial charge in [-0.2, -0.15) is 4.31 Å². The molecule has 4 rings (SSSR count). The van der Waals surface area contributed by atoms with Gasteiger partial charge in [0.05, 0.1) is 23.6 Å². The summed E-state index contributed by atoms with van der Waals surface area (Å²) < 4.78 is 26.9. The van der Waals surface area contributed by atoms with Gasteiger partial charge >= 0.3 is 0 Å². The van der Waals surface area contributed by atoms with Gasteiger partial charge in [-0.05, 0) is 37.5 Å². The monoisotopic (exact) mass is 345 g/mol. The van der Waals surface area contributed by atoms with E-state index in [4.69, 9.17) is 0 Å². The van der Waals surface area contributed by atoms with Gasteiger partial charge < -0.3 is 9.97 Å². The average Bonchev–Trinajstić information content (AvgIpc) is 3.24. The largest absolute Gasteiger partial charge is 0.342 e. The maximum Gasteiger partial charge on any atom is 0.260 e. The Bertz CT molecular complexity index is 962. The smallest absolute Gasteiger partial charge is 0.260 e. The molecule has 2 aromatic heterocycles. The predicted molar refractivity (Wildman–Crippen MR) is 90.2 cm³/mol. The molecule has 0 radical (unpaired) electrons. The van der Waals surface area contributed by atoms with Gasteiger partial charge in [-0.3, -0.25) is 0 Å². The summed E-state index contributed by atoms with van der Waals surface area (Å²) in [7, 11) is -3.52. The van der Waals surface area contributed by atoms with E-state index in [2.05, 4.69) is 26.0 Å². The van der Waals surface area contributed by atoms with Crippen LogP contribution in [0.15, 0.2) is 35.7 Å². The molecule has 0 aliphatic carbocycles. The Morgan fingerprint density at radius 1 is 1.33 bits per heavy atom. The van der Waals surface area contributed by atoms with E-state index in [-0.39, 0.29) is 10.9 Å². The lowest BCUT2D eigenvalue weighted by Gasteiger charge is -2.30. The van der Waals surface area contributed by atoms with Crippen molar-refractivity contribution >= 4 is 21.1 Å². The number of sulfonamides is 1. The van der Waals surface area contributed by atoms with Crippen molar-refractivity contribution in [3.63, 3.8) is 0 Å². The highest BCUT2D eigenvalue weighted by Gasteiger charge is 2.32. The quantitative estimate of drug-likeness (QED) is 0.760. The third-order valence-electron chi connectivity index (χ3n) is 4.52. The number of aryl methyl sites for hydroxylation is 1. The van der Waals surface area contributed by atoms with Crippen molar-refractivity contribution in [1.82, 2.24) is 24.2 Å². The van der Waals surface area contributed by atoms with Crippen molar-refractivity contribution in [3.8, 4) is 0 Å². The number of benzene rings is 1. The normalized spacial score (nSPS) is 19.8. The van der Waals surface area contributed by atoms with Crippen LogP contribution in [0.25, 0.3) is 11.0 Å². The summed E-state index contributed by atoms with van der Waals surface area (Å²) in [5.74, 6) is 0.935. The van der Waals surface area contributed by atoms with Crippen LogP contribution in [0.5, 0.6) is 0 Å². The summed E-state index contributed by atoms with van der Waals surface area (Å²) in [6.45, 7) is 3.00. The third-order valence-corrected chi connectivity index (χ3v) is 6.31. The molecule has 0 unspecified atom stereocenters. The zero-order valence-corrected chi connectivity index (χ0v) is 14.2. The van der Waals surface area contributed by atoms with Crippen LogP contribution in [0.4, 0.5) is 0 Å². The van der Waals surface area contributed by atoms with Crippen molar-refractivity contribution in [3.05, 3.63) is 42.1 Å². The lowest BCUT2D eigenvalue weighted by molar-refractivity contribution is 0.309. The second kappa shape index (κ2) is 5.71. The fourth-order valence-corrected chi connectivity index (χ4v) is 4.66. The SMILES string of the molecule is Cc1ccc2nc([C@@H]3CCCN(S(=O)(=O)c4cnc[nH]4)C3)[nH]c2c1. The molecule has 1 atom stereocenters. The molecule has 2 N–H and O–H groups in total. The minimum absolute atomic E-state index is 0.0733. The van der Waals surface area contributed by atoms with Crippen LogP contribution in [0.3, 0.4) is 0 Å². The Labute approximate surface area is 140 Å². The Hall–Kier alpha value is -2.19. The van der Waals surface area contributed by atoms with Crippen LogP contribution in [-0.2, 0) is 10.0 Å². The Morgan fingerprint density at radius 3 is 3.00 bits per heavy atom. The van der Waals surface area contributed by atoms with Crippen LogP contribution in [-0.4, -0.2) is 45.7 Å². The number of nitrogens with zero attached hydrogens (tertiary/aromatic N) is 3. The number of hydrogen-bond donors (Lipinski definition) is 2. The zero-order valence-electron chi connectivity index (χ0n) is 13.4. The van der Waals surface area contributed by atoms with E-state index in [9.17, 15) is 8.42 Å². The number of aromatic amines is 2. The van der Waals surface area contributed by atoms with Crippen molar-refractivity contribution in [2.24, 2.45) is 0 Å². The molecule has 1 aromatic carbocycles. The minimum Gasteiger partial charge on any atom is -0.342 e. The Balaban J connectivity index is 1.62. The van der Waals surface area contributed by atoms with Crippen molar-refractivity contribution in [1.29, 1.82) is 0 Å². The molecular weight excluding hydrogens is 326 g/mol. The van der Waals surface area contributed by atoms with E-state index < -0.39 is 10.0 Å². The second-order valence-electron chi connectivity index (χ2n) is 6.26. The lowest BCUT2D eigenvalue weighted by Crippen LogP contribution is -2.39. The number of fused-ring (bicyclic) bond motifs is 1. The Kier molecular flexibility index (Phi) is 3.65. The van der Waals surface area contributed by atoms with Crippen molar-refractivity contribution < 1.29 is 8.42 Å². The van der Waals surface area contributed by atoms with Crippen LogP contribution in [0, 0.1) is 6.92 Å². The number of H-pyrrole nitrogens is 2. The van der Waals surface area contributed by atoms with E-state index in [1.165, 1.54) is 22.4 Å². The first-order valence-electron chi connectivity index (χ1n) is 7.99. The fraction of sp³-hybridized carbons (Fsp3) is 0.375. The molecule has 1 fully saturated rings. The highest BCUT2D eigenvalue weighted by molar-refractivity contribution is 7.89. The summed E-state index contributed by atoms with van der Waals surface area (Å²) in [6.07, 6.45) is 4.47.